The van der Waals surface area contributed by atoms with Crippen LogP contribution in [-0.4, -0.2) is 92.9 Å². The number of thioether (sulfide) groups is 1. The Morgan fingerprint density at radius 2 is 1.32 bits per heavy atom. The molecule has 0 radical (unpaired) electrons. The lowest BCUT2D eigenvalue weighted by molar-refractivity contribution is -0.143. The minimum Gasteiger partial charge on any atom is -0.481 e. The fraction of sp³-hybridized carbons (Fsp3) is 0.625. The molecule has 0 aromatic carbocycles. The third-order valence-corrected chi connectivity index (χ3v) is 4.79. The number of thiol groups is 1. The Balaban J connectivity index is 5.25. The lowest BCUT2D eigenvalue weighted by Crippen LogP contribution is -2.58. The highest BCUT2D eigenvalue weighted by Crippen LogP contribution is 2.04. The molecule has 3 amide bonds. The summed E-state index contributed by atoms with van der Waals surface area (Å²) in [6.45, 7) is 0. The molecule has 0 aliphatic rings. The quantitative estimate of drug-likeness (QED) is 0.114. The van der Waals surface area contributed by atoms with Crippen LogP contribution in [0, 0.1) is 0 Å². The van der Waals surface area contributed by atoms with Crippen molar-refractivity contribution in [3.8, 4) is 0 Å². The predicted molar refractivity (Wildman–Crippen MR) is 113 cm³/mol. The van der Waals surface area contributed by atoms with Crippen LogP contribution in [0.4, 0.5) is 0 Å². The van der Waals surface area contributed by atoms with Gasteiger partial charge in [-0.3, -0.25) is 24.0 Å². The Bertz CT molecular complexity index is 692. The van der Waals surface area contributed by atoms with E-state index in [0.29, 0.717) is 5.75 Å². The molecule has 4 unspecified atom stereocenters. The van der Waals surface area contributed by atoms with E-state index in [4.69, 9.17) is 15.9 Å². The van der Waals surface area contributed by atoms with Gasteiger partial charge in [-0.2, -0.15) is 24.4 Å². The maximum absolute atomic E-state index is 12.4. The Hall–Kier alpha value is -2.52. The van der Waals surface area contributed by atoms with Crippen LogP contribution in [0.25, 0.3) is 0 Å². The maximum Gasteiger partial charge on any atom is 0.326 e. The molecule has 0 aliphatic carbocycles. The SMILES string of the molecule is CSCCC(NC(=O)C(CC(=O)O)NC(=O)C(CS)NC(=O)C(N)CC(=O)O)C(=O)O. The van der Waals surface area contributed by atoms with Gasteiger partial charge in [0.25, 0.3) is 0 Å². The van der Waals surface area contributed by atoms with Crippen molar-refractivity contribution in [2.75, 3.05) is 17.8 Å². The molecule has 0 bridgehead atoms. The van der Waals surface area contributed by atoms with Crippen LogP contribution < -0.4 is 21.7 Å². The van der Waals surface area contributed by atoms with Crippen LogP contribution in [0.2, 0.25) is 0 Å². The van der Waals surface area contributed by atoms with Gasteiger partial charge in [-0.15, -0.1) is 0 Å². The molecule has 0 aromatic rings. The second-order valence-corrected chi connectivity index (χ2v) is 7.64. The van der Waals surface area contributed by atoms with Crippen molar-refractivity contribution >= 4 is 60.0 Å². The molecular formula is C16H26N4O9S2. The summed E-state index contributed by atoms with van der Waals surface area (Å²) in [6.07, 6.45) is 0.275. The molecule has 15 heteroatoms. The zero-order valence-electron chi connectivity index (χ0n) is 16.6. The fourth-order valence-corrected chi connectivity index (χ4v) is 2.90. The van der Waals surface area contributed by atoms with Crippen LogP contribution in [0.5, 0.6) is 0 Å². The van der Waals surface area contributed by atoms with Crippen LogP contribution >= 0.6 is 24.4 Å². The van der Waals surface area contributed by atoms with Crippen molar-refractivity contribution < 1.29 is 44.1 Å². The van der Waals surface area contributed by atoms with Gasteiger partial charge in [0, 0.05) is 5.75 Å². The summed E-state index contributed by atoms with van der Waals surface area (Å²) in [5.41, 5.74) is 5.41. The number of nitrogens with one attached hydrogen (secondary N) is 3. The number of carbonyl (C=O) groups excluding carboxylic acids is 3. The van der Waals surface area contributed by atoms with E-state index in [0.717, 1.165) is 0 Å². The number of hydrogen-bond donors (Lipinski definition) is 8. The molecule has 31 heavy (non-hydrogen) atoms. The van der Waals surface area contributed by atoms with Crippen molar-refractivity contribution in [2.24, 2.45) is 5.73 Å². The van der Waals surface area contributed by atoms with Gasteiger partial charge in [0.2, 0.25) is 17.7 Å². The Kier molecular flexibility index (Phi) is 13.3. The van der Waals surface area contributed by atoms with E-state index in [-0.39, 0.29) is 12.2 Å². The number of carbonyl (C=O) groups is 6. The normalized spacial score (nSPS) is 14.4. The van der Waals surface area contributed by atoms with Gasteiger partial charge in [0.05, 0.1) is 18.9 Å². The highest BCUT2D eigenvalue weighted by atomic mass is 32.2. The largest absolute Gasteiger partial charge is 0.481 e. The molecule has 0 heterocycles. The first-order valence-corrected chi connectivity index (χ1v) is 10.9. The minimum atomic E-state index is -1.63. The van der Waals surface area contributed by atoms with Crippen molar-refractivity contribution in [2.45, 2.75) is 43.4 Å². The van der Waals surface area contributed by atoms with Crippen LogP contribution in [-0.2, 0) is 28.8 Å². The van der Waals surface area contributed by atoms with Gasteiger partial charge < -0.3 is 37.0 Å². The molecule has 0 aliphatic heterocycles. The molecule has 0 saturated carbocycles. The van der Waals surface area contributed by atoms with Crippen molar-refractivity contribution in [1.82, 2.24) is 16.0 Å². The van der Waals surface area contributed by atoms with Crippen molar-refractivity contribution in [3.63, 3.8) is 0 Å². The lowest BCUT2D eigenvalue weighted by Gasteiger charge is -2.23. The highest BCUT2D eigenvalue weighted by Gasteiger charge is 2.31. The molecule has 4 atom stereocenters. The number of carboxylic acids is 3. The number of rotatable bonds is 15. The lowest BCUT2D eigenvalue weighted by atomic mass is 10.1. The monoisotopic (exact) mass is 482 g/mol. The number of aliphatic carboxylic acids is 3. The average Bonchev–Trinajstić information content (AvgIpc) is 2.66. The number of amides is 3. The first-order valence-electron chi connectivity index (χ1n) is 8.85. The van der Waals surface area contributed by atoms with Crippen molar-refractivity contribution in [3.05, 3.63) is 0 Å². The predicted octanol–water partition coefficient (Wildman–Crippen LogP) is -2.51. The number of nitrogens with two attached hydrogens (primary N) is 1. The van der Waals surface area contributed by atoms with Crippen LogP contribution in [0.3, 0.4) is 0 Å². The first kappa shape index (κ1) is 28.5. The average molecular weight is 483 g/mol. The number of carboxylic acid groups (broad SMARTS) is 3. The van der Waals surface area contributed by atoms with Gasteiger partial charge in [-0.05, 0) is 18.4 Å². The molecule has 0 rings (SSSR count). The summed E-state index contributed by atoms with van der Waals surface area (Å²) in [4.78, 5) is 69.7. The number of hydrogen-bond acceptors (Lipinski definition) is 9. The Morgan fingerprint density at radius 1 is 0.839 bits per heavy atom. The van der Waals surface area contributed by atoms with E-state index < -0.39 is 72.6 Å². The first-order chi connectivity index (χ1) is 14.4. The smallest absolute Gasteiger partial charge is 0.326 e. The summed E-state index contributed by atoms with van der Waals surface area (Å²) >= 11 is 5.25. The molecule has 8 N–H and O–H groups in total. The summed E-state index contributed by atoms with van der Waals surface area (Å²) in [5, 5.41) is 33.4. The standard InChI is InChI=1S/C16H26N4O9S2/c1-31-3-2-8(16(28)29)18-14(26)9(5-12(23)24)19-15(27)10(6-30)20-13(25)7(17)4-11(21)22/h7-10,30H,2-6,17H2,1H3,(H,18,26)(H,19,27)(H,20,25)(H,21,22)(H,23,24)(H,28,29). The van der Waals surface area contributed by atoms with Gasteiger partial charge in [0.15, 0.2) is 0 Å². The van der Waals surface area contributed by atoms with E-state index >= 15 is 0 Å². The molecule has 176 valence electrons. The van der Waals surface area contributed by atoms with E-state index in [1.165, 1.54) is 11.8 Å². The van der Waals surface area contributed by atoms with E-state index in [1.807, 2.05) is 0 Å². The summed E-state index contributed by atoms with van der Waals surface area (Å²) in [6, 6.07) is -5.72. The summed E-state index contributed by atoms with van der Waals surface area (Å²) in [7, 11) is 0. The Labute approximate surface area is 187 Å². The molecule has 0 spiro atoms. The zero-order chi connectivity index (χ0) is 24.1. The molecule has 0 aromatic heterocycles. The van der Waals surface area contributed by atoms with E-state index in [9.17, 15) is 33.9 Å². The minimum absolute atomic E-state index is 0.0762. The van der Waals surface area contributed by atoms with E-state index in [1.54, 1.807) is 6.26 Å². The molecule has 13 nitrogen and oxygen atoms in total. The van der Waals surface area contributed by atoms with Crippen LogP contribution in [0.15, 0.2) is 0 Å². The maximum atomic E-state index is 12.4. The van der Waals surface area contributed by atoms with E-state index in [2.05, 4.69) is 28.6 Å². The van der Waals surface area contributed by atoms with Gasteiger partial charge in [-0.1, -0.05) is 0 Å². The third kappa shape index (κ3) is 11.4. The zero-order valence-corrected chi connectivity index (χ0v) is 18.3. The van der Waals surface area contributed by atoms with Gasteiger partial charge in [-0.25, -0.2) is 4.79 Å². The molecule has 0 fully saturated rings. The molecular weight excluding hydrogens is 456 g/mol. The topological polar surface area (TPSA) is 225 Å². The highest BCUT2D eigenvalue weighted by molar-refractivity contribution is 7.98. The molecule has 0 saturated heterocycles. The summed E-state index contributed by atoms with van der Waals surface area (Å²) in [5.74, 6) is -6.93. The summed E-state index contributed by atoms with van der Waals surface area (Å²) < 4.78 is 0. The van der Waals surface area contributed by atoms with Crippen molar-refractivity contribution in [1.29, 1.82) is 0 Å². The van der Waals surface area contributed by atoms with Gasteiger partial charge >= 0.3 is 17.9 Å². The van der Waals surface area contributed by atoms with Crippen LogP contribution in [0.1, 0.15) is 19.3 Å². The second kappa shape index (κ2) is 14.5. The second-order valence-electron chi connectivity index (χ2n) is 6.29. The fourth-order valence-electron chi connectivity index (χ4n) is 2.18. The third-order valence-electron chi connectivity index (χ3n) is 3.78. The van der Waals surface area contributed by atoms with Gasteiger partial charge in [0.1, 0.15) is 18.1 Å². The Morgan fingerprint density at radius 3 is 1.77 bits per heavy atom.